The minimum absolute atomic E-state index is 0.00554. The van der Waals surface area contributed by atoms with Crippen LogP contribution < -0.4 is 10.5 Å². The summed E-state index contributed by atoms with van der Waals surface area (Å²) in [7, 11) is 0. The van der Waals surface area contributed by atoms with Gasteiger partial charge in [0.25, 0.3) is 5.56 Å². The van der Waals surface area contributed by atoms with Gasteiger partial charge in [-0.3, -0.25) is 14.6 Å². The average Bonchev–Trinajstić information content (AvgIpc) is 3.37. The van der Waals surface area contributed by atoms with Crippen LogP contribution in [0, 0.1) is 0 Å². The van der Waals surface area contributed by atoms with Gasteiger partial charge in [0.2, 0.25) is 5.91 Å². The lowest BCUT2D eigenvalue weighted by Gasteiger charge is -2.28. The van der Waals surface area contributed by atoms with E-state index in [0.29, 0.717) is 6.54 Å². The smallest absolute Gasteiger partial charge is 0.269 e. The molecule has 0 spiro atoms. The van der Waals surface area contributed by atoms with Gasteiger partial charge in [0.15, 0.2) is 0 Å². The highest BCUT2D eigenvalue weighted by molar-refractivity contribution is 7.09. The van der Waals surface area contributed by atoms with Crippen LogP contribution in [0.4, 0.5) is 5.69 Å². The van der Waals surface area contributed by atoms with Crippen molar-refractivity contribution in [1.82, 2.24) is 19.7 Å². The number of thiazole rings is 1. The molecule has 0 aromatic carbocycles. The lowest BCUT2D eigenvalue weighted by molar-refractivity contribution is -0.133. The Morgan fingerprint density at radius 2 is 2.04 bits per heavy atom. The first-order valence-electron chi connectivity index (χ1n) is 9.19. The number of amides is 1. The minimum atomic E-state index is -0.213. The average molecular weight is 373 g/mol. The molecule has 2 fully saturated rings. The molecule has 0 radical (unpaired) electrons. The first-order valence-corrected chi connectivity index (χ1v) is 10.1. The van der Waals surface area contributed by atoms with Gasteiger partial charge in [-0.05, 0) is 32.1 Å². The van der Waals surface area contributed by atoms with E-state index in [2.05, 4.69) is 15.0 Å². The molecule has 2 aromatic rings. The normalized spacial score (nSPS) is 17.3. The molecule has 0 N–H and O–H groups in total. The van der Waals surface area contributed by atoms with Crippen molar-refractivity contribution >= 4 is 22.9 Å². The van der Waals surface area contributed by atoms with Crippen molar-refractivity contribution in [2.75, 3.05) is 18.0 Å². The van der Waals surface area contributed by atoms with Crippen LogP contribution in [0.5, 0.6) is 0 Å². The lowest BCUT2D eigenvalue weighted by atomic mass is 10.1. The Kier molecular flexibility index (Phi) is 5.01. The fourth-order valence-electron chi connectivity index (χ4n) is 3.38. The number of carbonyl (C=O) groups excluding carboxylic acids is 1. The molecule has 2 aliphatic rings. The maximum atomic E-state index is 12.8. The number of hydrogen-bond donors (Lipinski definition) is 0. The van der Waals surface area contributed by atoms with Gasteiger partial charge in [0.05, 0.1) is 23.9 Å². The molecule has 0 atom stereocenters. The topological polar surface area (TPSA) is 71.3 Å². The molecule has 0 unspecified atom stereocenters. The van der Waals surface area contributed by atoms with E-state index in [4.69, 9.17) is 0 Å². The zero-order valence-corrected chi connectivity index (χ0v) is 15.5. The monoisotopic (exact) mass is 373 g/mol. The zero-order chi connectivity index (χ0) is 17.9. The van der Waals surface area contributed by atoms with Gasteiger partial charge in [-0.2, -0.15) is 5.10 Å². The predicted molar refractivity (Wildman–Crippen MR) is 100 cm³/mol. The minimum Gasteiger partial charge on any atom is -0.370 e. The molecule has 2 aromatic heterocycles. The lowest BCUT2D eigenvalue weighted by Crippen LogP contribution is -2.38. The Bertz CT molecular complexity index is 809. The van der Waals surface area contributed by atoms with Crippen molar-refractivity contribution in [2.45, 2.75) is 51.2 Å². The fourth-order valence-corrected chi connectivity index (χ4v) is 3.97. The first kappa shape index (κ1) is 17.2. The van der Waals surface area contributed by atoms with Crippen LogP contribution in [0.25, 0.3) is 0 Å². The van der Waals surface area contributed by atoms with Crippen molar-refractivity contribution in [2.24, 2.45) is 0 Å². The maximum absolute atomic E-state index is 12.8. The Morgan fingerprint density at radius 1 is 1.23 bits per heavy atom. The first-order chi connectivity index (χ1) is 12.7. The highest BCUT2D eigenvalue weighted by atomic mass is 32.1. The second-order valence-corrected chi connectivity index (χ2v) is 7.95. The second-order valence-electron chi connectivity index (χ2n) is 6.98. The number of carbonyl (C=O) groups is 1. The third-order valence-electron chi connectivity index (χ3n) is 4.98. The molecule has 1 saturated carbocycles. The third kappa shape index (κ3) is 3.95. The number of nitrogens with zero attached hydrogens (tertiary/aromatic N) is 5. The van der Waals surface area contributed by atoms with Crippen LogP contribution in [0.3, 0.4) is 0 Å². The van der Waals surface area contributed by atoms with Crippen LogP contribution in [0.2, 0.25) is 0 Å². The van der Waals surface area contributed by atoms with E-state index in [9.17, 15) is 9.59 Å². The van der Waals surface area contributed by atoms with Gasteiger partial charge in [0, 0.05) is 36.3 Å². The summed E-state index contributed by atoms with van der Waals surface area (Å²) in [5.41, 5.74) is 2.42. The second kappa shape index (κ2) is 7.57. The molecule has 8 heteroatoms. The summed E-state index contributed by atoms with van der Waals surface area (Å²) in [5, 5.41) is 4.26. The molecule has 1 aliphatic heterocycles. The van der Waals surface area contributed by atoms with Crippen molar-refractivity contribution in [3.8, 4) is 0 Å². The molecule has 26 heavy (non-hydrogen) atoms. The summed E-state index contributed by atoms with van der Waals surface area (Å²) in [5.74, 6) is -0.0544. The SMILES string of the molecule is O=C(Cn1ncc(N2CCCCC2)cc1=O)N(Cc1cncs1)C1CC1. The molecular weight excluding hydrogens is 350 g/mol. The van der Waals surface area contributed by atoms with Gasteiger partial charge in [-0.1, -0.05) is 0 Å². The standard InChI is InChI=1S/C18H23N5O2S/c24-17-8-15(21-6-2-1-3-7-21)9-20-23(17)12-18(25)22(14-4-5-14)11-16-10-19-13-26-16/h8-10,13-14H,1-7,11-12H2. The van der Waals surface area contributed by atoms with Crippen LogP contribution in [0.15, 0.2) is 28.8 Å². The van der Waals surface area contributed by atoms with Crippen LogP contribution >= 0.6 is 11.3 Å². The number of rotatable bonds is 6. The Balaban J connectivity index is 1.45. The summed E-state index contributed by atoms with van der Waals surface area (Å²) in [6, 6.07) is 1.89. The van der Waals surface area contributed by atoms with Crippen LogP contribution in [-0.4, -0.2) is 44.7 Å². The van der Waals surface area contributed by atoms with E-state index in [0.717, 1.165) is 49.3 Å². The van der Waals surface area contributed by atoms with Crippen molar-refractivity contribution in [3.63, 3.8) is 0 Å². The summed E-state index contributed by atoms with van der Waals surface area (Å²) >= 11 is 1.55. The van der Waals surface area contributed by atoms with Gasteiger partial charge >= 0.3 is 0 Å². The third-order valence-corrected chi connectivity index (χ3v) is 5.74. The molecule has 1 aliphatic carbocycles. The fraction of sp³-hybridized carbons (Fsp3) is 0.556. The van der Waals surface area contributed by atoms with E-state index in [1.54, 1.807) is 35.3 Å². The van der Waals surface area contributed by atoms with Crippen LogP contribution in [0.1, 0.15) is 37.0 Å². The van der Waals surface area contributed by atoms with Crippen molar-refractivity contribution in [3.05, 3.63) is 39.2 Å². The van der Waals surface area contributed by atoms with Crippen LogP contribution in [-0.2, 0) is 17.9 Å². The number of anilines is 1. The Morgan fingerprint density at radius 3 is 2.69 bits per heavy atom. The molecule has 138 valence electrons. The summed E-state index contributed by atoms with van der Waals surface area (Å²) in [6.45, 7) is 2.49. The molecule has 4 rings (SSSR count). The summed E-state index contributed by atoms with van der Waals surface area (Å²) < 4.78 is 1.28. The number of aromatic nitrogens is 3. The van der Waals surface area contributed by atoms with Gasteiger partial charge < -0.3 is 9.80 Å². The molecular formula is C18H23N5O2S. The van der Waals surface area contributed by atoms with E-state index < -0.39 is 0 Å². The predicted octanol–water partition coefficient (Wildman–Crippen LogP) is 1.88. The maximum Gasteiger partial charge on any atom is 0.269 e. The van der Waals surface area contributed by atoms with Gasteiger partial charge in [0.1, 0.15) is 6.54 Å². The zero-order valence-electron chi connectivity index (χ0n) is 14.7. The van der Waals surface area contributed by atoms with Gasteiger partial charge in [-0.15, -0.1) is 11.3 Å². The molecule has 1 saturated heterocycles. The van der Waals surface area contributed by atoms with Crippen molar-refractivity contribution < 1.29 is 4.79 Å². The molecule has 0 bridgehead atoms. The highest BCUT2D eigenvalue weighted by Crippen LogP contribution is 2.29. The summed E-state index contributed by atoms with van der Waals surface area (Å²) in [4.78, 5) is 34.4. The quantitative estimate of drug-likeness (QED) is 0.773. The van der Waals surface area contributed by atoms with E-state index in [-0.39, 0.29) is 24.1 Å². The van der Waals surface area contributed by atoms with Gasteiger partial charge in [-0.25, -0.2) is 4.68 Å². The molecule has 7 nitrogen and oxygen atoms in total. The van der Waals surface area contributed by atoms with E-state index >= 15 is 0 Å². The molecule has 1 amide bonds. The summed E-state index contributed by atoms with van der Waals surface area (Å²) in [6.07, 6.45) is 9.11. The highest BCUT2D eigenvalue weighted by Gasteiger charge is 2.33. The molecule has 3 heterocycles. The number of piperidine rings is 1. The van der Waals surface area contributed by atoms with Crippen molar-refractivity contribution in [1.29, 1.82) is 0 Å². The Hall–Kier alpha value is -2.22. The number of hydrogen-bond acceptors (Lipinski definition) is 6. The largest absolute Gasteiger partial charge is 0.370 e. The van der Waals surface area contributed by atoms with E-state index in [1.807, 2.05) is 4.90 Å². The Labute approximate surface area is 156 Å². The van der Waals surface area contributed by atoms with E-state index in [1.165, 1.54) is 11.1 Å².